The van der Waals surface area contributed by atoms with Crippen molar-refractivity contribution in [2.45, 2.75) is 51.7 Å². The van der Waals surface area contributed by atoms with Crippen molar-refractivity contribution in [3.05, 3.63) is 15.6 Å². The van der Waals surface area contributed by atoms with E-state index in [2.05, 4.69) is 19.2 Å². The van der Waals surface area contributed by atoms with Crippen LogP contribution in [0.1, 0.15) is 48.7 Å². The van der Waals surface area contributed by atoms with Crippen LogP contribution in [0.25, 0.3) is 0 Å². The Morgan fingerprint density at radius 2 is 2.18 bits per heavy atom. The summed E-state index contributed by atoms with van der Waals surface area (Å²) in [5.74, 6) is 0. The van der Waals surface area contributed by atoms with Gasteiger partial charge in [-0.15, -0.1) is 11.3 Å². The average Bonchev–Trinajstić information content (AvgIpc) is 2.69. The van der Waals surface area contributed by atoms with Crippen LogP contribution in [0.2, 0.25) is 0 Å². The van der Waals surface area contributed by atoms with Gasteiger partial charge in [0.1, 0.15) is 10.6 Å². The molecule has 0 radical (unpaired) electrons. The largest absolute Gasteiger partial charge is 0.371 e. The lowest BCUT2D eigenvalue weighted by molar-refractivity contribution is -0.0780. The molecule has 3 nitrogen and oxygen atoms in total. The highest BCUT2D eigenvalue weighted by Crippen LogP contribution is 2.46. The van der Waals surface area contributed by atoms with Crippen LogP contribution in [0.15, 0.2) is 0 Å². The molecule has 0 saturated heterocycles. The molecular weight excluding hydrogens is 232 g/mol. The van der Waals surface area contributed by atoms with Gasteiger partial charge in [0.25, 0.3) is 0 Å². The first kappa shape index (κ1) is 13.0. The van der Waals surface area contributed by atoms with Gasteiger partial charge < -0.3 is 10.1 Å². The normalized spacial score (nSPS) is 18.1. The van der Waals surface area contributed by atoms with Crippen LogP contribution in [0.5, 0.6) is 0 Å². The minimum Gasteiger partial charge on any atom is -0.371 e. The van der Waals surface area contributed by atoms with Crippen LogP contribution in [-0.4, -0.2) is 18.6 Å². The monoisotopic (exact) mass is 254 g/mol. The Labute approximate surface area is 108 Å². The first-order valence-electron chi connectivity index (χ1n) is 6.50. The second-order valence-corrected chi connectivity index (χ2v) is 5.66. The van der Waals surface area contributed by atoms with Crippen LogP contribution < -0.4 is 5.32 Å². The molecule has 4 heteroatoms. The molecule has 0 unspecified atom stereocenters. The number of aromatic nitrogens is 1. The van der Waals surface area contributed by atoms with E-state index in [1.165, 1.54) is 22.0 Å². The number of nitrogens with one attached hydrogen (secondary N) is 1. The van der Waals surface area contributed by atoms with Crippen LogP contribution in [0.4, 0.5) is 0 Å². The topological polar surface area (TPSA) is 34.1 Å². The van der Waals surface area contributed by atoms with E-state index in [4.69, 9.17) is 9.72 Å². The summed E-state index contributed by atoms with van der Waals surface area (Å²) in [5.41, 5.74) is 1.19. The van der Waals surface area contributed by atoms with E-state index in [9.17, 15) is 0 Å². The number of rotatable bonds is 6. The number of ether oxygens (including phenoxy) is 1. The van der Waals surface area contributed by atoms with Crippen molar-refractivity contribution >= 4 is 11.3 Å². The van der Waals surface area contributed by atoms with Gasteiger partial charge in [-0.25, -0.2) is 4.98 Å². The maximum atomic E-state index is 5.70. The van der Waals surface area contributed by atoms with Crippen LogP contribution in [0, 0.1) is 0 Å². The fraction of sp³-hybridized carbons (Fsp3) is 0.769. The van der Waals surface area contributed by atoms with Crippen molar-refractivity contribution in [2.75, 3.05) is 13.7 Å². The molecule has 1 aromatic heterocycles. The maximum Gasteiger partial charge on any atom is 0.125 e. The van der Waals surface area contributed by atoms with Gasteiger partial charge in [-0.1, -0.05) is 13.8 Å². The van der Waals surface area contributed by atoms with Crippen molar-refractivity contribution < 1.29 is 4.74 Å². The molecule has 1 N–H and O–H groups in total. The number of nitrogens with zero attached hydrogens (tertiary/aromatic N) is 1. The third kappa shape index (κ3) is 2.39. The first-order valence-corrected chi connectivity index (χ1v) is 7.32. The van der Waals surface area contributed by atoms with Gasteiger partial charge in [0.2, 0.25) is 0 Å². The Morgan fingerprint density at radius 3 is 2.65 bits per heavy atom. The van der Waals surface area contributed by atoms with E-state index >= 15 is 0 Å². The standard InChI is InChI=1S/C13H22N2OS/c1-4-10-11(9-14-5-2)17-12(15-10)13(16-3)7-6-8-13/h14H,4-9H2,1-3H3. The molecule has 96 valence electrons. The van der Waals surface area contributed by atoms with Gasteiger partial charge in [0, 0.05) is 18.5 Å². The molecule has 1 heterocycles. The minimum atomic E-state index is -0.0565. The predicted molar refractivity (Wildman–Crippen MR) is 71.4 cm³/mol. The van der Waals surface area contributed by atoms with Crippen molar-refractivity contribution in [3.63, 3.8) is 0 Å². The van der Waals surface area contributed by atoms with Crippen molar-refractivity contribution in [1.82, 2.24) is 10.3 Å². The molecule has 1 aliphatic rings. The zero-order valence-corrected chi connectivity index (χ0v) is 11.8. The van der Waals surface area contributed by atoms with Crippen molar-refractivity contribution in [3.8, 4) is 0 Å². The third-order valence-corrected chi connectivity index (χ3v) is 4.87. The number of hydrogen-bond donors (Lipinski definition) is 1. The Bertz CT molecular complexity index is 366. The number of thiazole rings is 1. The number of hydrogen-bond acceptors (Lipinski definition) is 4. The van der Waals surface area contributed by atoms with Crippen LogP contribution in [-0.2, 0) is 23.3 Å². The molecule has 2 rings (SSSR count). The van der Waals surface area contributed by atoms with Gasteiger partial charge in [0.05, 0.1) is 5.69 Å². The van der Waals surface area contributed by atoms with Gasteiger partial charge in [-0.05, 0) is 32.2 Å². The molecule has 0 atom stereocenters. The minimum absolute atomic E-state index is 0.0565. The molecule has 0 aliphatic heterocycles. The summed E-state index contributed by atoms with van der Waals surface area (Å²) in [7, 11) is 1.82. The molecule has 1 aliphatic carbocycles. The molecule has 0 amide bonds. The highest BCUT2D eigenvalue weighted by Gasteiger charge is 2.42. The van der Waals surface area contributed by atoms with Gasteiger partial charge in [-0.3, -0.25) is 0 Å². The quantitative estimate of drug-likeness (QED) is 0.847. The zero-order valence-electron chi connectivity index (χ0n) is 11.0. The first-order chi connectivity index (χ1) is 8.25. The highest BCUT2D eigenvalue weighted by molar-refractivity contribution is 7.11. The van der Waals surface area contributed by atoms with Crippen LogP contribution >= 0.6 is 11.3 Å². The lowest BCUT2D eigenvalue weighted by Gasteiger charge is -2.38. The Hall–Kier alpha value is -0.450. The smallest absolute Gasteiger partial charge is 0.125 e. The Balaban J connectivity index is 2.21. The SMILES string of the molecule is CCNCc1sc(C2(OC)CCC2)nc1CC. The van der Waals surface area contributed by atoms with Crippen LogP contribution in [0.3, 0.4) is 0 Å². The van der Waals surface area contributed by atoms with Gasteiger partial charge >= 0.3 is 0 Å². The molecule has 0 bridgehead atoms. The number of methoxy groups -OCH3 is 1. The molecule has 1 aromatic rings. The Morgan fingerprint density at radius 1 is 1.41 bits per heavy atom. The maximum absolute atomic E-state index is 5.70. The second kappa shape index (κ2) is 5.46. The van der Waals surface area contributed by atoms with E-state index in [0.717, 1.165) is 32.4 Å². The molecule has 1 saturated carbocycles. The predicted octanol–water partition coefficient (Wildman–Crippen LogP) is 2.84. The van der Waals surface area contributed by atoms with E-state index in [0.29, 0.717) is 0 Å². The fourth-order valence-electron chi connectivity index (χ4n) is 2.23. The van der Waals surface area contributed by atoms with E-state index in [-0.39, 0.29) is 5.60 Å². The lowest BCUT2D eigenvalue weighted by Crippen LogP contribution is -2.35. The zero-order chi connectivity index (χ0) is 12.3. The molecule has 0 spiro atoms. The van der Waals surface area contributed by atoms with Gasteiger partial charge in [0.15, 0.2) is 0 Å². The lowest BCUT2D eigenvalue weighted by atomic mass is 9.80. The molecule has 0 aromatic carbocycles. The van der Waals surface area contributed by atoms with E-state index in [1.807, 2.05) is 18.4 Å². The fourth-order valence-corrected chi connectivity index (χ4v) is 3.58. The summed E-state index contributed by atoms with van der Waals surface area (Å²) in [4.78, 5) is 6.18. The summed E-state index contributed by atoms with van der Waals surface area (Å²) >= 11 is 1.83. The van der Waals surface area contributed by atoms with Crippen molar-refractivity contribution in [1.29, 1.82) is 0 Å². The second-order valence-electron chi connectivity index (χ2n) is 4.57. The summed E-state index contributed by atoms with van der Waals surface area (Å²) in [6, 6.07) is 0. The average molecular weight is 254 g/mol. The summed E-state index contributed by atoms with van der Waals surface area (Å²) in [5, 5.41) is 4.58. The molecule has 17 heavy (non-hydrogen) atoms. The summed E-state index contributed by atoms with van der Waals surface area (Å²) in [6.45, 7) is 6.26. The van der Waals surface area contributed by atoms with Gasteiger partial charge in [-0.2, -0.15) is 0 Å². The third-order valence-electron chi connectivity index (χ3n) is 3.59. The summed E-state index contributed by atoms with van der Waals surface area (Å²) in [6.07, 6.45) is 4.52. The molecule has 1 fully saturated rings. The van der Waals surface area contributed by atoms with E-state index < -0.39 is 0 Å². The Kier molecular flexibility index (Phi) is 4.17. The molecular formula is C13H22N2OS. The number of aryl methyl sites for hydroxylation is 1. The summed E-state index contributed by atoms with van der Waals surface area (Å²) < 4.78 is 5.70. The van der Waals surface area contributed by atoms with E-state index in [1.54, 1.807) is 0 Å². The highest BCUT2D eigenvalue weighted by atomic mass is 32.1. The van der Waals surface area contributed by atoms with Crippen molar-refractivity contribution in [2.24, 2.45) is 0 Å².